The molecule has 0 spiro atoms. The van der Waals surface area contributed by atoms with Crippen LogP contribution in [0, 0.1) is 0 Å². The Morgan fingerprint density at radius 1 is 1.19 bits per heavy atom. The maximum absolute atomic E-state index is 12.9. The number of imide groups is 1. The topological polar surface area (TPSA) is 91.4 Å². The van der Waals surface area contributed by atoms with Gasteiger partial charge < -0.3 is 10.2 Å². The van der Waals surface area contributed by atoms with E-state index in [-0.39, 0.29) is 18.2 Å². The van der Waals surface area contributed by atoms with Crippen LogP contribution in [-0.4, -0.2) is 40.7 Å². The first-order chi connectivity index (χ1) is 12.6. The molecular formula is C19H18N4O3. The van der Waals surface area contributed by atoms with Crippen LogP contribution in [0.25, 0.3) is 11.1 Å². The summed E-state index contributed by atoms with van der Waals surface area (Å²) >= 11 is 0. The molecule has 2 aromatic rings. The minimum Gasteiger partial charge on any atom is -0.373 e. The third kappa shape index (κ3) is 2.61. The Morgan fingerprint density at radius 3 is 2.77 bits per heavy atom. The number of nitrogens with one attached hydrogen (secondary N) is 2. The molecule has 2 N–H and O–H groups in total. The average molecular weight is 350 g/mol. The molecule has 3 amide bonds. The van der Waals surface area contributed by atoms with Gasteiger partial charge in [0.05, 0.1) is 0 Å². The molecule has 2 aliphatic rings. The van der Waals surface area contributed by atoms with Crippen molar-refractivity contribution in [1.82, 2.24) is 15.2 Å². The van der Waals surface area contributed by atoms with E-state index in [1.54, 1.807) is 24.2 Å². The number of aromatic nitrogens is 1. The Kier molecular flexibility index (Phi) is 3.91. The Morgan fingerprint density at radius 2 is 2.00 bits per heavy atom. The number of pyridine rings is 1. The maximum Gasteiger partial charge on any atom is 0.255 e. The van der Waals surface area contributed by atoms with Crippen LogP contribution in [-0.2, 0) is 16.1 Å². The van der Waals surface area contributed by atoms with E-state index in [2.05, 4.69) is 15.6 Å². The molecule has 0 radical (unpaired) electrons. The van der Waals surface area contributed by atoms with Gasteiger partial charge in [-0.3, -0.25) is 19.7 Å². The van der Waals surface area contributed by atoms with Crippen LogP contribution >= 0.6 is 0 Å². The molecule has 1 unspecified atom stereocenters. The first-order valence-electron chi connectivity index (χ1n) is 8.49. The van der Waals surface area contributed by atoms with Gasteiger partial charge in [-0.1, -0.05) is 12.1 Å². The van der Waals surface area contributed by atoms with Gasteiger partial charge in [0.2, 0.25) is 11.8 Å². The molecule has 1 fully saturated rings. The number of carbonyl (C=O) groups is 3. The monoisotopic (exact) mass is 350 g/mol. The van der Waals surface area contributed by atoms with Crippen LogP contribution in [0.3, 0.4) is 0 Å². The number of anilines is 1. The van der Waals surface area contributed by atoms with Crippen LogP contribution < -0.4 is 10.6 Å². The Balaban J connectivity index is 1.70. The summed E-state index contributed by atoms with van der Waals surface area (Å²) in [6.45, 7) is 0.355. The van der Waals surface area contributed by atoms with Crippen LogP contribution in [0.15, 0.2) is 36.5 Å². The molecule has 1 aromatic heterocycles. The molecule has 0 bridgehead atoms. The predicted molar refractivity (Wildman–Crippen MR) is 95.3 cm³/mol. The van der Waals surface area contributed by atoms with Crippen molar-refractivity contribution >= 4 is 23.5 Å². The molecule has 1 aromatic carbocycles. The summed E-state index contributed by atoms with van der Waals surface area (Å²) in [7, 11) is 1.80. The smallest absolute Gasteiger partial charge is 0.255 e. The molecule has 3 heterocycles. The van der Waals surface area contributed by atoms with Crippen molar-refractivity contribution in [1.29, 1.82) is 0 Å². The Hall–Kier alpha value is -3.22. The number of carbonyl (C=O) groups excluding carboxylic acids is 3. The first-order valence-corrected chi connectivity index (χ1v) is 8.49. The molecule has 132 valence electrons. The number of hydrogen-bond donors (Lipinski definition) is 2. The number of piperidine rings is 1. The normalized spacial score (nSPS) is 19.3. The molecule has 1 atom stereocenters. The minimum absolute atomic E-state index is 0.167. The average Bonchev–Trinajstić information content (AvgIpc) is 2.98. The zero-order valence-corrected chi connectivity index (χ0v) is 14.3. The van der Waals surface area contributed by atoms with Gasteiger partial charge in [-0.15, -0.1) is 0 Å². The molecule has 26 heavy (non-hydrogen) atoms. The highest BCUT2D eigenvalue weighted by Gasteiger charge is 2.39. The molecule has 0 saturated carbocycles. The van der Waals surface area contributed by atoms with Crippen molar-refractivity contribution in [2.45, 2.75) is 25.4 Å². The van der Waals surface area contributed by atoms with Crippen molar-refractivity contribution in [3.8, 4) is 11.1 Å². The van der Waals surface area contributed by atoms with Gasteiger partial charge in [-0.05, 0) is 41.3 Å². The molecule has 7 nitrogen and oxygen atoms in total. The molecule has 0 aliphatic carbocycles. The summed E-state index contributed by atoms with van der Waals surface area (Å²) in [5, 5.41) is 5.34. The van der Waals surface area contributed by atoms with Gasteiger partial charge in [-0.2, -0.15) is 0 Å². The second-order valence-electron chi connectivity index (χ2n) is 6.41. The minimum atomic E-state index is -0.606. The lowest BCUT2D eigenvalue weighted by Gasteiger charge is -2.29. The molecule has 7 heteroatoms. The van der Waals surface area contributed by atoms with Gasteiger partial charge in [0.15, 0.2) is 0 Å². The van der Waals surface area contributed by atoms with E-state index in [0.29, 0.717) is 18.5 Å². The van der Waals surface area contributed by atoms with E-state index < -0.39 is 11.9 Å². The Bertz CT molecular complexity index is 925. The zero-order valence-electron chi connectivity index (χ0n) is 14.3. The van der Waals surface area contributed by atoms with E-state index in [9.17, 15) is 14.4 Å². The molecule has 1 saturated heterocycles. The highest BCUT2D eigenvalue weighted by molar-refractivity contribution is 6.06. The van der Waals surface area contributed by atoms with E-state index >= 15 is 0 Å². The number of hydrogen-bond acceptors (Lipinski definition) is 5. The predicted octanol–water partition coefficient (Wildman–Crippen LogP) is 1.55. The van der Waals surface area contributed by atoms with Crippen molar-refractivity contribution < 1.29 is 14.4 Å². The lowest BCUT2D eigenvalue weighted by molar-refractivity contribution is -0.136. The summed E-state index contributed by atoms with van der Waals surface area (Å²) in [4.78, 5) is 42.2. The van der Waals surface area contributed by atoms with Gasteiger partial charge in [-0.25, -0.2) is 4.98 Å². The van der Waals surface area contributed by atoms with Gasteiger partial charge >= 0.3 is 0 Å². The van der Waals surface area contributed by atoms with E-state index in [4.69, 9.17) is 0 Å². The largest absolute Gasteiger partial charge is 0.373 e. The SMILES string of the molecule is CNc1cc(-c2cccc3c2CN(C2CCC(=O)NC2=O)C3=O)ccn1. The maximum atomic E-state index is 12.9. The van der Waals surface area contributed by atoms with E-state index in [1.807, 2.05) is 24.3 Å². The lowest BCUT2D eigenvalue weighted by atomic mass is 9.97. The quantitative estimate of drug-likeness (QED) is 0.820. The summed E-state index contributed by atoms with van der Waals surface area (Å²) in [5.74, 6) is -0.108. The second-order valence-corrected chi connectivity index (χ2v) is 6.41. The van der Waals surface area contributed by atoms with Crippen molar-refractivity contribution in [3.63, 3.8) is 0 Å². The summed E-state index contributed by atoms with van der Waals surface area (Å²) in [6.07, 6.45) is 2.33. The fourth-order valence-electron chi connectivity index (χ4n) is 3.59. The summed E-state index contributed by atoms with van der Waals surface area (Å²) < 4.78 is 0. The summed E-state index contributed by atoms with van der Waals surface area (Å²) in [5.41, 5.74) is 3.41. The van der Waals surface area contributed by atoms with Crippen LogP contribution in [0.1, 0.15) is 28.8 Å². The number of benzene rings is 1. The van der Waals surface area contributed by atoms with Gasteiger partial charge in [0, 0.05) is 31.8 Å². The lowest BCUT2D eigenvalue weighted by Crippen LogP contribution is -2.52. The number of fused-ring (bicyclic) bond motifs is 1. The Labute approximate surface area is 150 Å². The number of nitrogens with zero attached hydrogens (tertiary/aromatic N) is 2. The molecule has 4 rings (SSSR count). The third-order valence-electron chi connectivity index (χ3n) is 4.91. The second kappa shape index (κ2) is 6.25. The van der Waals surface area contributed by atoms with Crippen molar-refractivity contribution in [2.24, 2.45) is 0 Å². The van der Waals surface area contributed by atoms with Crippen LogP contribution in [0.2, 0.25) is 0 Å². The molecular weight excluding hydrogens is 332 g/mol. The standard InChI is InChI=1S/C19H18N4O3/c1-20-16-9-11(7-8-21-16)12-3-2-4-13-14(12)10-23(19(13)26)15-5-6-17(24)22-18(15)25/h2-4,7-9,15H,5-6,10H2,1H3,(H,20,21)(H,22,24,25). The number of amides is 3. The van der Waals surface area contributed by atoms with Crippen LogP contribution in [0.5, 0.6) is 0 Å². The van der Waals surface area contributed by atoms with E-state index in [1.165, 1.54) is 0 Å². The highest BCUT2D eigenvalue weighted by Crippen LogP contribution is 2.35. The van der Waals surface area contributed by atoms with Gasteiger partial charge in [0.1, 0.15) is 11.9 Å². The van der Waals surface area contributed by atoms with Crippen LogP contribution in [0.4, 0.5) is 5.82 Å². The first kappa shape index (κ1) is 16.3. The molecule has 2 aliphatic heterocycles. The number of rotatable bonds is 3. The van der Waals surface area contributed by atoms with Gasteiger partial charge in [0.25, 0.3) is 5.91 Å². The van der Waals surface area contributed by atoms with Crippen molar-refractivity contribution in [3.05, 3.63) is 47.7 Å². The fraction of sp³-hybridized carbons (Fsp3) is 0.263. The van der Waals surface area contributed by atoms with Crippen molar-refractivity contribution in [2.75, 3.05) is 12.4 Å². The fourth-order valence-corrected chi connectivity index (χ4v) is 3.59. The summed E-state index contributed by atoms with van der Waals surface area (Å²) in [6, 6.07) is 8.82. The zero-order chi connectivity index (χ0) is 18.3. The third-order valence-corrected chi connectivity index (χ3v) is 4.91. The van der Waals surface area contributed by atoms with E-state index in [0.717, 1.165) is 22.5 Å². The highest BCUT2D eigenvalue weighted by atomic mass is 16.2.